The van der Waals surface area contributed by atoms with Gasteiger partial charge in [0, 0.05) is 8.07 Å². The molecule has 2 atom stereocenters. The Morgan fingerprint density at radius 2 is 1.59 bits per heavy atom. The van der Waals surface area contributed by atoms with E-state index in [0.717, 1.165) is 5.56 Å². The number of carbonyl (C=O) groups excluding carboxylic acids is 4. The maximum atomic E-state index is 13.2. The van der Waals surface area contributed by atoms with Crippen molar-refractivity contribution in [2.75, 3.05) is 7.11 Å². The predicted octanol–water partition coefficient (Wildman–Crippen LogP) is 3.40. The van der Waals surface area contributed by atoms with Crippen molar-refractivity contribution in [3.8, 4) is 0 Å². The second kappa shape index (κ2) is 12.0. The summed E-state index contributed by atoms with van der Waals surface area (Å²) in [5, 5.41) is 5.12. The Labute approximate surface area is 202 Å². The van der Waals surface area contributed by atoms with Gasteiger partial charge in [-0.1, -0.05) is 50.0 Å². The zero-order valence-electron chi connectivity index (χ0n) is 21.4. The van der Waals surface area contributed by atoms with E-state index >= 15 is 0 Å². The highest BCUT2D eigenvalue weighted by atomic mass is 28.3. The van der Waals surface area contributed by atoms with Crippen LogP contribution in [0.2, 0.25) is 25.7 Å². The van der Waals surface area contributed by atoms with Crippen LogP contribution in [0.25, 0.3) is 0 Å². The molecule has 10 heteroatoms. The largest absolute Gasteiger partial charge is 0.467 e. The van der Waals surface area contributed by atoms with Crippen LogP contribution < -0.4 is 10.6 Å². The molecule has 0 aromatic heterocycles. The number of ether oxygens (including phenoxy) is 3. The Kier molecular flexibility index (Phi) is 10.3. The van der Waals surface area contributed by atoms with E-state index in [1.54, 1.807) is 39.8 Å². The van der Waals surface area contributed by atoms with Gasteiger partial charge in [-0.3, -0.25) is 9.59 Å². The summed E-state index contributed by atoms with van der Waals surface area (Å²) in [6, 6.07) is 8.16. The molecule has 1 aromatic rings. The van der Waals surface area contributed by atoms with Gasteiger partial charge in [-0.2, -0.15) is 0 Å². The Morgan fingerprint density at radius 1 is 1.00 bits per heavy atom. The molecule has 0 spiro atoms. The van der Waals surface area contributed by atoms with Crippen LogP contribution >= 0.6 is 0 Å². The zero-order chi connectivity index (χ0) is 26.2. The number of esters is 2. The Balaban J connectivity index is 3.04. The van der Waals surface area contributed by atoms with Crippen molar-refractivity contribution in [2.45, 2.75) is 83.6 Å². The Morgan fingerprint density at radius 3 is 2.09 bits per heavy atom. The van der Waals surface area contributed by atoms with Gasteiger partial charge in [-0.15, -0.1) is 0 Å². The van der Waals surface area contributed by atoms with Gasteiger partial charge < -0.3 is 24.8 Å². The van der Waals surface area contributed by atoms with E-state index < -0.39 is 55.6 Å². The third kappa shape index (κ3) is 10.8. The Hall–Kier alpha value is -2.88. The summed E-state index contributed by atoms with van der Waals surface area (Å²) in [6.07, 6.45) is -1.31. The molecule has 2 N–H and O–H groups in total. The molecule has 9 nitrogen and oxygen atoms in total. The van der Waals surface area contributed by atoms with Gasteiger partial charge in [-0.05, 0) is 39.3 Å². The van der Waals surface area contributed by atoms with Crippen molar-refractivity contribution in [1.29, 1.82) is 0 Å². The normalized spacial score (nSPS) is 14.2. The second-order valence-electron chi connectivity index (χ2n) is 10.6. The van der Waals surface area contributed by atoms with Crippen LogP contribution in [0, 0.1) is 0 Å². The first kappa shape index (κ1) is 29.1. The van der Waals surface area contributed by atoms with Crippen molar-refractivity contribution >= 4 is 32.0 Å². The third-order valence-electron chi connectivity index (χ3n) is 4.54. The number of benzene rings is 1. The monoisotopic (exact) mass is 494 g/mol. The third-order valence-corrected chi connectivity index (χ3v) is 6.31. The van der Waals surface area contributed by atoms with Gasteiger partial charge in [0.15, 0.2) is 0 Å². The lowest BCUT2D eigenvalue weighted by Gasteiger charge is -2.34. The lowest BCUT2D eigenvalue weighted by molar-refractivity contribution is -0.150. The van der Waals surface area contributed by atoms with Gasteiger partial charge in [0.1, 0.15) is 23.8 Å². The van der Waals surface area contributed by atoms with Crippen LogP contribution in [-0.2, 0) is 35.2 Å². The molecule has 1 rings (SSSR count). The number of alkyl carbamates (subject to hydrolysis) is 1. The first-order valence-corrected chi connectivity index (χ1v) is 14.8. The van der Waals surface area contributed by atoms with E-state index in [1.807, 2.05) is 18.2 Å². The smallest absolute Gasteiger partial charge is 0.408 e. The van der Waals surface area contributed by atoms with Crippen LogP contribution in [0.5, 0.6) is 0 Å². The maximum Gasteiger partial charge on any atom is 0.408 e. The zero-order valence-corrected chi connectivity index (χ0v) is 22.4. The lowest BCUT2D eigenvalue weighted by atomic mass is 10.0. The van der Waals surface area contributed by atoms with Crippen molar-refractivity contribution in [1.82, 2.24) is 10.6 Å². The summed E-state index contributed by atoms with van der Waals surface area (Å²) in [7, 11) is -0.594. The van der Waals surface area contributed by atoms with Crippen molar-refractivity contribution in [3.05, 3.63) is 35.9 Å². The molecule has 0 heterocycles. The first-order valence-electron chi connectivity index (χ1n) is 11.1. The second-order valence-corrected chi connectivity index (χ2v) is 16.1. The average Bonchev–Trinajstić information content (AvgIpc) is 2.69. The fraction of sp³-hybridized carbons (Fsp3) is 0.583. The molecule has 0 saturated heterocycles. The number of carbonyl (C=O) groups is 4. The highest BCUT2D eigenvalue weighted by molar-refractivity contribution is 6.76. The molecule has 190 valence electrons. The summed E-state index contributed by atoms with van der Waals surface area (Å²) in [6.45, 7) is 12.8. The summed E-state index contributed by atoms with van der Waals surface area (Å²) in [5.41, 5.74) is -1.35. The molecule has 0 bridgehead atoms. The van der Waals surface area contributed by atoms with Crippen LogP contribution in [0.1, 0.15) is 39.7 Å². The molecule has 34 heavy (non-hydrogen) atoms. The highest BCUT2D eigenvalue weighted by Crippen LogP contribution is 2.23. The summed E-state index contributed by atoms with van der Waals surface area (Å²) in [4.78, 5) is 50.6. The van der Waals surface area contributed by atoms with Gasteiger partial charge in [0.25, 0.3) is 0 Å². The number of hydrogen-bond acceptors (Lipinski definition) is 7. The van der Waals surface area contributed by atoms with Crippen molar-refractivity contribution < 1.29 is 33.4 Å². The molecule has 0 fully saturated rings. The molecule has 1 aromatic carbocycles. The topological polar surface area (TPSA) is 120 Å². The van der Waals surface area contributed by atoms with E-state index in [-0.39, 0.29) is 6.61 Å². The number of nitrogens with one attached hydrogen (secondary N) is 2. The summed E-state index contributed by atoms with van der Waals surface area (Å²) < 4.78 is 15.4. The van der Waals surface area contributed by atoms with Crippen molar-refractivity contribution in [3.63, 3.8) is 0 Å². The number of hydrogen-bond donors (Lipinski definition) is 2. The Bertz CT molecular complexity index is 862. The molecule has 0 aliphatic carbocycles. The number of amides is 2. The number of methoxy groups -OCH3 is 1. The minimum atomic E-state index is -1.84. The molecule has 0 aliphatic heterocycles. The molecular weight excluding hydrogens is 456 g/mol. The molecule has 2 amide bonds. The van der Waals surface area contributed by atoms with Crippen LogP contribution in [0.3, 0.4) is 0 Å². The molecule has 0 saturated carbocycles. The van der Waals surface area contributed by atoms with Crippen LogP contribution in [-0.4, -0.2) is 56.3 Å². The molecule has 0 radical (unpaired) electrons. The molecular formula is C24H38N2O7Si. The highest BCUT2D eigenvalue weighted by Gasteiger charge is 2.42. The van der Waals surface area contributed by atoms with E-state index in [4.69, 9.17) is 14.2 Å². The number of rotatable bonds is 10. The van der Waals surface area contributed by atoms with E-state index in [1.165, 1.54) is 7.11 Å². The maximum absolute atomic E-state index is 13.2. The fourth-order valence-corrected chi connectivity index (χ4v) is 5.79. The molecule has 0 unspecified atom stereocenters. The minimum absolute atomic E-state index is 0.0238. The first-order chi connectivity index (χ1) is 15.5. The summed E-state index contributed by atoms with van der Waals surface area (Å²) in [5.74, 6) is -2.01. The predicted molar refractivity (Wildman–Crippen MR) is 131 cm³/mol. The SMILES string of the molecule is COC(=O)[C@@](C)(C[Si](C)(C)C)NC(=O)[C@H](CC(=O)OCc1ccccc1)NC(=O)OC(C)(C)C. The average molecular weight is 495 g/mol. The van der Waals surface area contributed by atoms with Gasteiger partial charge in [0.05, 0.1) is 13.5 Å². The van der Waals surface area contributed by atoms with E-state index in [0.29, 0.717) is 6.04 Å². The minimum Gasteiger partial charge on any atom is -0.467 e. The van der Waals surface area contributed by atoms with E-state index in [9.17, 15) is 19.2 Å². The standard InChI is InChI=1S/C24H38N2O7Si/c1-23(2,3)33-22(30)25-18(14-19(27)32-15-17-12-10-9-11-13-17)20(28)26-24(4,21(29)31-5)16-34(6,7)8/h9-13,18H,14-16H2,1-8H3,(H,25,30)(H,26,28)/t18-,24+/m0/s1. The van der Waals surface area contributed by atoms with E-state index in [2.05, 4.69) is 30.3 Å². The summed E-state index contributed by atoms with van der Waals surface area (Å²) >= 11 is 0. The van der Waals surface area contributed by atoms with Crippen molar-refractivity contribution in [2.24, 2.45) is 0 Å². The van der Waals surface area contributed by atoms with Crippen LogP contribution in [0.4, 0.5) is 4.79 Å². The van der Waals surface area contributed by atoms with Gasteiger partial charge in [0.2, 0.25) is 5.91 Å². The van der Waals surface area contributed by atoms with Crippen LogP contribution in [0.15, 0.2) is 30.3 Å². The quantitative estimate of drug-likeness (QED) is 0.291. The van der Waals surface area contributed by atoms with Gasteiger partial charge in [-0.25, -0.2) is 9.59 Å². The lowest BCUT2D eigenvalue weighted by Crippen LogP contribution is -2.60. The fourth-order valence-electron chi connectivity index (χ4n) is 3.44. The molecule has 0 aliphatic rings. The van der Waals surface area contributed by atoms with Gasteiger partial charge >= 0.3 is 18.0 Å².